The van der Waals surface area contributed by atoms with Gasteiger partial charge in [-0.1, -0.05) is 6.07 Å². The van der Waals surface area contributed by atoms with Crippen LogP contribution in [0.4, 0.5) is 0 Å². The maximum absolute atomic E-state index is 13.6. The number of aryl methyl sites for hydroxylation is 1. The van der Waals surface area contributed by atoms with Gasteiger partial charge in [0.15, 0.2) is 0 Å². The molecule has 4 heterocycles. The van der Waals surface area contributed by atoms with Gasteiger partial charge in [-0.15, -0.1) is 11.3 Å². The third kappa shape index (κ3) is 5.05. The number of nitrogens with zero attached hydrogens (tertiary/aromatic N) is 5. The van der Waals surface area contributed by atoms with Crippen molar-refractivity contribution in [2.24, 2.45) is 18.1 Å². The van der Waals surface area contributed by atoms with Gasteiger partial charge >= 0.3 is 0 Å². The van der Waals surface area contributed by atoms with Crippen molar-refractivity contribution >= 4 is 28.9 Å². The number of amides is 2. The summed E-state index contributed by atoms with van der Waals surface area (Å²) in [7, 11) is 1.99. The molecule has 1 saturated carbocycles. The zero-order chi connectivity index (χ0) is 22.8. The number of hydrogen-bond donors (Lipinski definition) is 0. The number of aromatic nitrogens is 1. The van der Waals surface area contributed by atoms with Gasteiger partial charge in [-0.05, 0) is 36.4 Å². The van der Waals surface area contributed by atoms with Crippen molar-refractivity contribution in [3.8, 4) is 0 Å². The number of hydrazone groups is 1. The van der Waals surface area contributed by atoms with E-state index in [2.05, 4.69) is 4.90 Å². The summed E-state index contributed by atoms with van der Waals surface area (Å²) in [5.74, 6) is 0.0623. The van der Waals surface area contributed by atoms with E-state index in [1.807, 2.05) is 47.5 Å². The van der Waals surface area contributed by atoms with Crippen molar-refractivity contribution in [3.63, 3.8) is 0 Å². The first-order valence-corrected chi connectivity index (χ1v) is 12.6. The van der Waals surface area contributed by atoms with E-state index in [1.165, 1.54) is 0 Å². The predicted molar refractivity (Wildman–Crippen MR) is 127 cm³/mol. The number of carbonyl (C=O) groups excluding carboxylic acids is 2. The van der Waals surface area contributed by atoms with Crippen LogP contribution in [0.25, 0.3) is 0 Å². The molecule has 2 aliphatic heterocycles. The third-order valence-electron chi connectivity index (χ3n) is 6.65. The largest absolute Gasteiger partial charge is 0.379 e. The molecular weight excluding hydrogens is 438 g/mol. The molecule has 2 aromatic rings. The Morgan fingerprint density at radius 1 is 1.21 bits per heavy atom. The molecule has 2 amide bonds. The molecule has 0 N–H and O–H groups in total. The van der Waals surface area contributed by atoms with E-state index in [0.717, 1.165) is 62.0 Å². The van der Waals surface area contributed by atoms with Gasteiger partial charge in [0.05, 0.1) is 23.8 Å². The van der Waals surface area contributed by atoms with Gasteiger partial charge in [0.1, 0.15) is 12.6 Å². The fourth-order valence-electron chi connectivity index (χ4n) is 4.56. The highest BCUT2D eigenvalue weighted by molar-refractivity contribution is 7.12. The average Bonchev–Trinajstić information content (AvgIpc) is 3.18. The summed E-state index contributed by atoms with van der Waals surface area (Å²) in [5, 5.41) is 8.41. The summed E-state index contributed by atoms with van der Waals surface area (Å²) >= 11 is 1.64. The molecule has 9 heteroatoms. The van der Waals surface area contributed by atoms with E-state index in [9.17, 15) is 9.59 Å². The van der Waals surface area contributed by atoms with Gasteiger partial charge < -0.3 is 14.2 Å². The zero-order valence-electron chi connectivity index (χ0n) is 19.1. The Morgan fingerprint density at radius 2 is 2.03 bits per heavy atom. The monoisotopic (exact) mass is 469 g/mol. The summed E-state index contributed by atoms with van der Waals surface area (Å²) in [6.07, 6.45) is 4.52. The van der Waals surface area contributed by atoms with Crippen molar-refractivity contribution in [1.82, 2.24) is 19.4 Å². The normalized spacial score (nSPS) is 21.3. The molecule has 5 rings (SSSR count). The molecule has 0 spiro atoms. The highest BCUT2D eigenvalue weighted by Crippen LogP contribution is 2.35. The summed E-state index contributed by atoms with van der Waals surface area (Å²) < 4.78 is 7.48. The molecule has 1 unspecified atom stereocenters. The lowest BCUT2D eigenvalue weighted by atomic mass is 10.1. The third-order valence-corrected chi connectivity index (χ3v) is 7.57. The van der Waals surface area contributed by atoms with Crippen LogP contribution in [-0.2, 0) is 21.4 Å². The average molecular weight is 470 g/mol. The van der Waals surface area contributed by atoms with Crippen molar-refractivity contribution < 1.29 is 14.3 Å². The Balaban J connectivity index is 1.33. The van der Waals surface area contributed by atoms with Crippen molar-refractivity contribution in [2.45, 2.75) is 25.3 Å². The van der Waals surface area contributed by atoms with Gasteiger partial charge in [-0.3, -0.25) is 14.5 Å². The first-order chi connectivity index (χ1) is 16.1. The summed E-state index contributed by atoms with van der Waals surface area (Å²) in [5.41, 5.74) is 1.98. The Hall–Kier alpha value is -2.49. The molecule has 0 aromatic carbocycles. The topological polar surface area (TPSA) is 70.4 Å². The first kappa shape index (κ1) is 22.3. The predicted octanol–water partition coefficient (Wildman–Crippen LogP) is 2.34. The number of hydrogen-bond acceptors (Lipinski definition) is 6. The minimum Gasteiger partial charge on any atom is -0.379 e. The van der Waals surface area contributed by atoms with Crippen LogP contribution in [0.15, 0.2) is 40.9 Å². The van der Waals surface area contributed by atoms with Crippen LogP contribution in [0.2, 0.25) is 0 Å². The number of ether oxygens (including phenoxy) is 1. The van der Waals surface area contributed by atoms with E-state index in [1.54, 1.807) is 21.2 Å². The summed E-state index contributed by atoms with van der Waals surface area (Å²) in [6, 6.07) is 7.93. The van der Waals surface area contributed by atoms with Crippen molar-refractivity contribution in [1.29, 1.82) is 0 Å². The van der Waals surface area contributed by atoms with Crippen LogP contribution >= 0.6 is 11.3 Å². The van der Waals surface area contributed by atoms with Crippen LogP contribution in [0, 0.1) is 5.92 Å². The molecule has 0 bridgehead atoms. The van der Waals surface area contributed by atoms with Crippen molar-refractivity contribution in [3.05, 3.63) is 46.4 Å². The molecule has 2 fully saturated rings. The summed E-state index contributed by atoms with van der Waals surface area (Å²) in [4.78, 5) is 31.7. The number of rotatable bonds is 8. The molecule has 8 nitrogen and oxygen atoms in total. The maximum Gasteiger partial charge on any atom is 0.262 e. The van der Waals surface area contributed by atoms with Crippen molar-refractivity contribution in [2.75, 3.05) is 45.9 Å². The molecule has 176 valence electrons. The second-order valence-corrected chi connectivity index (χ2v) is 9.96. The van der Waals surface area contributed by atoms with Crippen LogP contribution in [0.3, 0.4) is 0 Å². The SMILES string of the molecule is Cn1cccc1C1CC(c2cccs2)=NN1C(=O)CN(CCN1CCOCC1)C(=O)C1CC1. The Bertz CT molecular complexity index is 1010. The minimum absolute atomic E-state index is 0.0712. The first-order valence-electron chi connectivity index (χ1n) is 11.7. The zero-order valence-corrected chi connectivity index (χ0v) is 19.9. The minimum atomic E-state index is -0.160. The van der Waals surface area contributed by atoms with E-state index in [0.29, 0.717) is 13.0 Å². The highest BCUT2D eigenvalue weighted by Gasteiger charge is 2.38. The Kier molecular flexibility index (Phi) is 6.62. The molecule has 1 aliphatic carbocycles. The molecule has 0 radical (unpaired) electrons. The standard InChI is InChI=1S/C24H31N5O3S/c1-26-8-2-4-20(26)21-16-19(22-5-3-15-33-22)25-29(21)23(30)17-28(24(31)18-6-7-18)10-9-27-11-13-32-14-12-27/h2-5,8,15,18,21H,6-7,9-14,16-17H2,1H3. The number of morpholine rings is 1. The van der Waals surface area contributed by atoms with E-state index in [-0.39, 0.29) is 30.3 Å². The Labute approximate surface area is 198 Å². The Morgan fingerprint density at radius 3 is 2.70 bits per heavy atom. The fraction of sp³-hybridized carbons (Fsp3) is 0.542. The van der Waals surface area contributed by atoms with Crippen LogP contribution in [0.1, 0.15) is 35.9 Å². The maximum atomic E-state index is 13.6. The quantitative estimate of drug-likeness (QED) is 0.595. The fourth-order valence-corrected chi connectivity index (χ4v) is 5.28. The summed E-state index contributed by atoms with van der Waals surface area (Å²) in [6.45, 7) is 4.59. The van der Waals surface area contributed by atoms with Gasteiger partial charge in [-0.25, -0.2) is 5.01 Å². The van der Waals surface area contributed by atoms with Gasteiger partial charge in [-0.2, -0.15) is 5.10 Å². The van der Waals surface area contributed by atoms with E-state index >= 15 is 0 Å². The molecule has 1 atom stereocenters. The lowest BCUT2D eigenvalue weighted by Crippen LogP contribution is -2.47. The molecule has 2 aromatic heterocycles. The molecule has 1 saturated heterocycles. The number of thiophene rings is 1. The molecule has 33 heavy (non-hydrogen) atoms. The van der Waals surface area contributed by atoms with Crippen LogP contribution in [-0.4, -0.2) is 82.8 Å². The van der Waals surface area contributed by atoms with Gasteiger partial charge in [0.2, 0.25) is 5.91 Å². The number of carbonyl (C=O) groups is 2. The van der Waals surface area contributed by atoms with Crippen LogP contribution < -0.4 is 0 Å². The smallest absolute Gasteiger partial charge is 0.262 e. The molecular formula is C24H31N5O3S. The van der Waals surface area contributed by atoms with E-state index in [4.69, 9.17) is 9.84 Å². The molecule has 3 aliphatic rings. The lowest BCUT2D eigenvalue weighted by molar-refractivity contribution is -0.142. The van der Waals surface area contributed by atoms with Gasteiger partial charge in [0, 0.05) is 57.5 Å². The van der Waals surface area contributed by atoms with Gasteiger partial charge in [0.25, 0.3) is 5.91 Å². The lowest BCUT2D eigenvalue weighted by Gasteiger charge is -2.31. The highest BCUT2D eigenvalue weighted by atomic mass is 32.1. The van der Waals surface area contributed by atoms with Crippen LogP contribution in [0.5, 0.6) is 0 Å². The second-order valence-electron chi connectivity index (χ2n) is 9.01. The second kappa shape index (κ2) is 9.79. The van der Waals surface area contributed by atoms with E-state index < -0.39 is 0 Å².